The maximum Gasteiger partial charge on any atom is 0.136 e. The Hall–Kier alpha value is -0.330. The van der Waals surface area contributed by atoms with Crippen LogP contribution in [0.4, 0.5) is 0 Å². The summed E-state index contributed by atoms with van der Waals surface area (Å²) in [6.07, 6.45) is 2.98. The fraction of sp³-hybridized carbons (Fsp3) is 0.929. The van der Waals surface area contributed by atoms with E-state index in [0.717, 1.165) is 19.3 Å². The molecule has 1 heteroatoms. The van der Waals surface area contributed by atoms with Crippen molar-refractivity contribution in [2.45, 2.75) is 60.8 Å². The summed E-state index contributed by atoms with van der Waals surface area (Å²) in [4.78, 5) is 11.9. The molecule has 2 atom stereocenters. The third-order valence-electron chi connectivity index (χ3n) is 3.92. The second-order valence-electron chi connectivity index (χ2n) is 7.22. The van der Waals surface area contributed by atoms with Gasteiger partial charge in [0.1, 0.15) is 5.78 Å². The first-order chi connectivity index (χ1) is 6.62. The average molecular weight is 210 g/mol. The van der Waals surface area contributed by atoms with Gasteiger partial charge in [-0.05, 0) is 29.6 Å². The van der Waals surface area contributed by atoms with Crippen LogP contribution >= 0.6 is 0 Å². The molecule has 0 aromatic carbocycles. The van der Waals surface area contributed by atoms with Crippen molar-refractivity contribution >= 4 is 5.78 Å². The predicted molar refractivity (Wildman–Crippen MR) is 64.7 cm³/mol. The molecular weight excluding hydrogens is 184 g/mol. The van der Waals surface area contributed by atoms with Crippen molar-refractivity contribution in [3.05, 3.63) is 0 Å². The molecule has 0 unspecified atom stereocenters. The Morgan fingerprint density at radius 3 is 1.93 bits per heavy atom. The lowest BCUT2D eigenvalue weighted by molar-refractivity contribution is -0.130. The molecule has 1 nitrogen and oxygen atoms in total. The highest BCUT2D eigenvalue weighted by Gasteiger charge is 2.39. The number of rotatable bonds is 0. The minimum atomic E-state index is 0.140. The predicted octanol–water partition coefficient (Wildman–Crippen LogP) is 4.06. The van der Waals surface area contributed by atoms with Crippen LogP contribution < -0.4 is 0 Å². The smallest absolute Gasteiger partial charge is 0.136 e. The van der Waals surface area contributed by atoms with E-state index in [9.17, 15) is 4.79 Å². The quantitative estimate of drug-likeness (QED) is 0.589. The molecule has 0 N–H and O–H groups in total. The molecule has 0 spiro atoms. The maximum absolute atomic E-state index is 11.9. The normalized spacial score (nSPS) is 29.3. The summed E-state index contributed by atoms with van der Waals surface area (Å²) in [6.45, 7) is 13.5. The molecule has 1 saturated carbocycles. The molecule has 0 heterocycles. The Kier molecular flexibility index (Phi) is 3.33. The number of carbonyl (C=O) groups excluding carboxylic acids is 1. The van der Waals surface area contributed by atoms with E-state index in [2.05, 4.69) is 41.5 Å². The van der Waals surface area contributed by atoms with Crippen LogP contribution in [0, 0.1) is 22.7 Å². The fourth-order valence-corrected chi connectivity index (χ4v) is 2.65. The third-order valence-corrected chi connectivity index (χ3v) is 3.92. The Bertz CT molecular complexity index is 239. The second kappa shape index (κ2) is 3.92. The Morgan fingerprint density at radius 1 is 1.00 bits per heavy atom. The lowest BCUT2D eigenvalue weighted by atomic mass is 9.63. The van der Waals surface area contributed by atoms with Gasteiger partial charge < -0.3 is 0 Å². The van der Waals surface area contributed by atoms with Gasteiger partial charge in [-0.1, -0.05) is 41.5 Å². The van der Waals surface area contributed by atoms with Gasteiger partial charge in [0.25, 0.3) is 0 Å². The summed E-state index contributed by atoms with van der Waals surface area (Å²) in [5.41, 5.74) is 0.491. The second-order valence-corrected chi connectivity index (χ2v) is 7.22. The number of carbonyl (C=O) groups is 1. The molecule has 0 saturated heterocycles. The molecule has 1 fully saturated rings. The van der Waals surface area contributed by atoms with Gasteiger partial charge in [-0.3, -0.25) is 4.79 Å². The first-order valence-electron chi connectivity index (χ1n) is 6.15. The third kappa shape index (κ3) is 3.06. The summed E-state index contributed by atoms with van der Waals surface area (Å²) < 4.78 is 0. The van der Waals surface area contributed by atoms with Gasteiger partial charge in [-0.15, -0.1) is 0 Å². The van der Waals surface area contributed by atoms with Gasteiger partial charge in [0.15, 0.2) is 0 Å². The molecule has 0 aromatic rings. The molecule has 1 rings (SSSR count). The molecule has 1 aliphatic carbocycles. The molecule has 88 valence electrons. The van der Waals surface area contributed by atoms with E-state index in [-0.39, 0.29) is 11.3 Å². The SMILES string of the molecule is CC(C)(C)[C@H]1CCC(=O)[C@@H](C(C)(C)C)C1. The first kappa shape index (κ1) is 12.7. The topological polar surface area (TPSA) is 17.1 Å². The highest BCUT2D eigenvalue weighted by molar-refractivity contribution is 5.82. The average Bonchev–Trinajstić information content (AvgIpc) is 2.00. The van der Waals surface area contributed by atoms with E-state index in [4.69, 9.17) is 0 Å². The van der Waals surface area contributed by atoms with E-state index >= 15 is 0 Å². The van der Waals surface area contributed by atoms with Crippen LogP contribution in [0.3, 0.4) is 0 Å². The maximum atomic E-state index is 11.9. The van der Waals surface area contributed by atoms with Crippen molar-refractivity contribution in [2.24, 2.45) is 22.7 Å². The Balaban J connectivity index is 2.78. The molecular formula is C14H26O. The largest absolute Gasteiger partial charge is 0.299 e. The van der Waals surface area contributed by atoms with Gasteiger partial charge in [0.2, 0.25) is 0 Å². The molecule has 0 aromatic heterocycles. The zero-order chi connectivity index (χ0) is 11.9. The summed E-state index contributed by atoms with van der Waals surface area (Å²) >= 11 is 0. The van der Waals surface area contributed by atoms with E-state index < -0.39 is 0 Å². The molecule has 0 bridgehead atoms. The zero-order valence-electron chi connectivity index (χ0n) is 11.2. The van der Waals surface area contributed by atoms with E-state index in [1.165, 1.54) is 0 Å². The minimum absolute atomic E-state index is 0.140. The van der Waals surface area contributed by atoms with Crippen molar-refractivity contribution in [3.63, 3.8) is 0 Å². The van der Waals surface area contributed by atoms with E-state index in [0.29, 0.717) is 17.1 Å². The van der Waals surface area contributed by atoms with Gasteiger partial charge >= 0.3 is 0 Å². The van der Waals surface area contributed by atoms with E-state index in [1.54, 1.807) is 0 Å². The Morgan fingerprint density at radius 2 is 1.53 bits per heavy atom. The van der Waals surface area contributed by atoms with Crippen LogP contribution in [0.25, 0.3) is 0 Å². The van der Waals surface area contributed by atoms with Gasteiger partial charge in [-0.2, -0.15) is 0 Å². The molecule has 0 aliphatic heterocycles. The molecule has 15 heavy (non-hydrogen) atoms. The molecule has 1 aliphatic rings. The number of ketones is 1. The van der Waals surface area contributed by atoms with Crippen molar-refractivity contribution < 1.29 is 4.79 Å². The standard InChI is InChI=1S/C14H26O/c1-13(2,3)10-7-8-12(15)11(9-10)14(4,5)6/h10-11H,7-9H2,1-6H3/t10-,11-/m0/s1. The fourth-order valence-electron chi connectivity index (χ4n) is 2.65. The van der Waals surface area contributed by atoms with Crippen LogP contribution in [-0.2, 0) is 4.79 Å². The first-order valence-corrected chi connectivity index (χ1v) is 6.15. The monoisotopic (exact) mass is 210 g/mol. The summed E-state index contributed by atoms with van der Waals surface area (Å²) in [5, 5.41) is 0. The van der Waals surface area contributed by atoms with Crippen LogP contribution in [0.15, 0.2) is 0 Å². The number of hydrogen-bond acceptors (Lipinski definition) is 1. The summed E-state index contributed by atoms with van der Waals surface area (Å²) in [7, 11) is 0. The molecule has 0 amide bonds. The van der Waals surface area contributed by atoms with Crippen LogP contribution in [0.1, 0.15) is 60.8 Å². The van der Waals surface area contributed by atoms with Crippen molar-refractivity contribution in [2.75, 3.05) is 0 Å². The van der Waals surface area contributed by atoms with Crippen molar-refractivity contribution in [1.82, 2.24) is 0 Å². The van der Waals surface area contributed by atoms with Gasteiger partial charge in [0.05, 0.1) is 0 Å². The van der Waals surface area contributed by atoms with Crippen molar-refractivity contribution in [3.8, 4) is 0 Å². The Labute approximate surface area is 94.6 Å². The minimum Gasteiger partial charge on any atom is -0.299 e. The highest BCUT2D eigenvalue weighted by Crippen LogP contribution is 2.44. The zero-order valence-corrected chi connectivity index (χ0v) is 11.2. The van der Waals surface area contributed by atoms with Crippen LogP contribution in [0.2, 0.25) is 0 Å². The summed E-state index contributed by atoms with van der Waals surface area (Å²) in [6, 6.07) is 0. The van der Waals surface area contributed by atoms with Crippen molar-refractivity contribution in [1.29, 1.82) is 0 Å². The highest BCUT2D eigenvalue weighted by atomic mass is 16.1. The van der Waals surface area contributed by atoms with Gasteiger partial charge in [0, 0.05) is 12.3 Å². The number of hydrogen-bond donors (Lipinski definition) is 0. The molecule has 0 radical (unpaired) electrons. The lowest BCUT2D eigenvalue weighted by Crippen LogP contribution is -2.38. The van der Waals surface area contributed by atoms with Gasteiger partial charge in [-0.25, -0.2) is 0 Å². The van der Waals surface area contributed by atoms with Crippen LogP contribution in [-0.4, -0.2) is 5.78 Å². The number of Topliss-reactive ketones (excluding diaryl/α,β-unsaturated/α-hetero) is 1. The lowest BCUT2D eigenvalue weighted by Gasteiger charge is -2.41. The van der Waals surface area contributed by atoms with E-state index in [1.807, 2.05) is 0 Å². The van der Waals surface area contributed by atoms with Crippen LogP contribution in [0.5, 0.6) is 0 Å². The summed E-state index contributed by atoms with van der Waals surface area (Å²) in [5.74, 6) is 1.47.